The van der Waals surface area contributed by atoms with E-state index >= 15 is 0 Å². The van der Waals surface area contributed by atoms with E-state index in [-0.39, 0.29) is 17.2 Å². The van der Waals surface area contributed by atoms with Gasteiger partial charge >= 0.3 is 0 Å². The van der Waals surface area contributed by atoms with Crippen molar-refractivity contribution in [3.05, 3.63) is 64.4 Å². The zero-order chi connectivity index (χ0) is 18.1. The van der Waals surface area contributed by atoms with E-state index in [1.54, 1.807) is 18.2 Å². The number of amides is 1. The molecule has 4 rings (SSSR count). The second-order valence-electron chi connectivity index (χ2n) is 6.15. The molecule has 0 unspecified atom stereocenters. The highest BCUT2D eigenvalue weighted by Gasteiger charge is 2.22. The number of nitrogens with two attached hydrogens (primary N) is 1. The standard InChI is InChI=1S/C19H18N4O2S/c20-23-18(25)14-8-2-3-9-15(14)21-19(23)26-12-17(24)22-11-5-7-13-6-1-4-10-16(13)22/h1-4,6,8-10H,5,7,11-12,20H2. The molecule has 6 nitrogen and oxygen atoms in total. The number of nitrogen functional groups attached to an aromatic ring is 1. The fourth-order valence-corrected chi connectivity index (χ4v) is 4.02. The van der Waals surface area contributed by atoms with E-state index in [0.717, 1.165) is 23.2 Å². The molecule has 0 fully saturated rings. The minimum Gasteiger partial charge on any atom is -0.334 e. The van der Waals surface area contributed by atoms with E-state index in [1.807, 2.05) is 29.2 Å². The van der Waals surface area contributed by atoms with E-state index < -0.39 is 0 Å². The van der Waals surface area contributed by atoms with Gasteiger partial charge in [-0.3, -0.25) is 9.59 Å². The van der Waals surface area contributed by atoms with E-state index in [9.17, 15) is 9.59 Å². The lowest BCUT2D eigenvalue weighted by Crippen LogP contribution is -2.37. The summed E-state index contributed by atoms with van der Waals surface area (Å²) in [5, 5.41) is 0.808. The molecule has 26 heavy (non-hydrogen) atoms. The summed E-state index contributed by atoms with van der Waals surface area (Å²) in [6.45, 7) is 0.705. The van der Waals surface area contributed by atoms with Gasteiger partial charge in [0.1, 0.15) is 0 Å². The van der Waals surface area contributed by atoms with Gasteiger partial charge in [0.15, 0.2) is 5.16 Å². The van der Waals surface area contributed by atoms with Crippen LogP contribution in [0.3, 0.4) is 0 Å². The number of carbonyl (C=O) groups is 1. The van der Waals surface area contributed by atoms with Gasteiger partial charge in [0, 0.05) is 12.2 Å². The number of hydrogen-bond donors (Lipinski definition) is 1. The molecule has 0 spiro atoms. The number of fused-ring (bicyclic) bond motifs is 2. The molecule has 1 amide bonds. The van der Waals surface area contributed by atoms with Crippen LogP contribution in [0.25, 0.3) is 10.9 Å². The van der Waals surface area contributed by atoms with E-state index in [0.29, 0.717) is 22.6 Å². The third-order valence-electron chi connectivity index (χ3n) is 4.51. The van der Waals surface area contributed by atoms with Gasteiger partial charge in [-0.15, -0.1) is 0 Å². The summed E-state index contributed by atoms with van der Waals surface area (Å²) < 4.78 is 1.02. The van der Waals surface area contributed by atoms with Gasteiger partial charge in [0.2, 0.25) is 5.91 Å². The first-order valence-electron chi connectivity index (χ1n) is 8.43. The van der Waals surface area contributed by atoms with Gasteiger partial charge in [-0.05, 0) is 36.6 Å². The number of thioether (sulfide) groups is 1. The Morgan fingerprint density at radius 3 is 2.81 bits per heavy atom. The predicted molar refractivity (Wildman–Crippen MR) is 104 cm³/mol. The van der Waals surface area contributed by atoms with Crippen molar-refractivity contribution in [2.45, 2.75) is 18.0 Å². The largest absolute Gasteiger partial charge is 0.334 e. The molecule has 3 aromatic rings. The molecule has 2 heterocycles. The van der Waals surface area contributed by atoms with Gasteiger partial charge in [0.05, 0.1) is 16.7 Å². The van der Waals surface area contributed by atoms with Crippen molar-refractivity contribution in [1.82, 2.24) is 9.66 Å². The molecule has 0 saturated carbocycles. The number of nitrogens with zero attached hydrogens (tertiary/aromatic N) is 3. The first kappa shape index (κ1) is 16.7. The van der Waals surface area contributed by atoms with Crippen LogP contribution in [0.2, 0.25) is 0 Å². The van der Waals surface area contributed by atoms with Crippen molar-refractivity contribution in [1.29, 1.82) is 0 Å². The maximum atomic E-state index is 12.7. The Hall–Kier alpha value is -2.80. The van der Waals surface area contributed by atoms with Gasteiger partial charge in [-0.25, -0.2) is 9.66 Å². The Labute approximate surface area is 154 Å². The Morgan fingerprint density at radius 2 is 1.92 bits per heavy atom. The minimum atomic E-state index is -0.311. The average Bonchev–Trinajstić information content (AvgIpc) is 2.69. The quantitative estimate of drug-likeness (QED) is 0.437. The number of anilines is 1. The highest BCUT2D eigenvalue weighted by atomic mass is 32.2. The predicted octanol–water partition coefficient (Wildman–Crippen LogP) is 2.18. The number of benzene rings is 2. The molecule has 7 heteroatoms. The molecule has 132 valence electrons. The lowest BCUT2D eigenvalue weighted by atomic mass is 10.0. The van der Waals surface area contributed by atoms with Crippen molar-refractivity contribution in [3.8, 4) is 0 Å². The van der Waals surface area contributed by atoms with Crippen LogP contribution in [-0.4, -0.2) is 27.9 Å². The monoisotopic (exact) mass is 366 g/mol. The summed E-state index contributed by atoms with van der Waals surface area (Å²) in [5.74, 6) is 6.05. The highest BCUT2D eigenvalue weighted by Crippen LogP contribution is 2.28. The van der Waals surface area contributed by atoms with Crippen LogP contribution in [0.4, 0.5) is 5.69 Å². The number of hydrogen-bond acceptors (Lipinski definition) is 5. The number of carbonyl (C=O) groups excluding carboxylic acids is 1. The molecule has 0 atom stereocenters. The number of aryl methyl sites for hydroxylation is 1. The zero-order valence-electron chi connectivity index (χ0n) is 14.1. The number of aromatic nitrogens is 2. The zero-order valence-corrected chi connectivity index (χ0v) is 14.9. The molecular weight excluding hydrogens is 348 g/mol. The smallest absolute Gasteiger partial charge is 0.280 e. The van der Waals surface area contributed by atoms with Crippen molar-refractivity contribution < 1.29 is 4.79 Å². The summed E-state index contributed by atoms with van der Waals surface area (Å²) in [6.07, 6.45) is 1.94. The normalized spacial score (nSPS) is 13.6. The molecule has 0 bridgehead atoms. The fraction of sp³-hybridized carbons (Fsp3) is 0.211. The van der Waals surface area contributed by atoms with Crippen LogP contribution in [0.5, 0.6) is 0 Å². The van der Waals surface area contributed by atoms with Crippen molar-refractivity contribution in [2.24, 2.45) is 0 Å². The van der Waals surface area contributed by atoms with Crippen LogP contribution in [-0.2, 0) is 11.2 Å². The van der Waals surface area contributed by atoms with Crippen LogP contribution in [0.15, 0.2) is 58.5 Å². The number of para-hydroxylation sites is 2. The summed E-state index contributed by atoms with van der Waals surface area (Å²) in [5.41, 5.74) is 2.43. The highest BCUT2D eigenvalue weighted by molar-refractivity contribution is 7.99. The maximum Gasteiger partial charge on any atom is 0.280 e. The Balaban J connectivity index is 1.57. The summed E-state index contributed by atoms with van der Waals surface area (Å²) in [7, 11) is 0. The first-order chi connectivity index (χ1) is 12.6. The molecule has 2 N–H and O–H groups in total. The third kappa shape index (κ3) is 2.94. The molecule has 0 saturated heterocycles. The van der Waals surface area contributed by atoms with Gasteiger partial charge < -0.3 is 10.7 Å². The van der Waals surface area contributed by atoms with Crippen LogP contribution in [0.1, 0.15) is 12.0 Å². The molecule has 0 radical (unpaired) electrons. The maximum absolute atomic E-state index is 12.7. The topological polar surface area (TPSA) is 81.2 Å². The van der Waals surface area contributed by atoms with Crippen molar-refractivity contribution >= 4 is 34.3 Å². The van der Waals surface area contributed by atoms with Gasteiger partial charge in [0.25, 0.3) is 5.56 Å². The Bertz CT molecular complexity index is 1050. The lowest BCUT2D eigenvalue weighted by molar-refractivity contribution is -0.116. The van der Waals surface area contributed by atoms with Crippen LogP contribution >= 0.6 is 11.8 Å². The van der Waals surface area contributed by atoms with Crippen LogP contribution in [0, 0.1) is 0 Å². The van der Waals surface area contributed by atoms with Gasteiger partial charge in [-0.1, -0.05) is 42.1 Å². The molecular formula is C19H18N4O2S. The molecule has 1 aromatic heterocycles. The Morgan fingerprint density at radius 1 is 1.15 bits per heavy atom. The molecule has 0 aliphatic carbocycles. The SMILES string of the molecule is Nn1c(SCC(=O)N2CCCc3ccccc32)nc2ccccc2c1=O. The third-order valence-corrected chi connectivity index (χ3v) is 5.45. The first-order valence-corrected chi connectivity index (χ1v) is 9.41. The summed E-state index contributed by atoms with van der Waals surface area (Å²) >= 11 is 1.19. The average molecular weight is 366 g/mol. The molecule has 1 aliphatic rings. The van der Waals surface area contributed by atoms with Crippen LogP contribution < -0.4 is 16.3 Å². The number of rotatable bonds is 3. The molecule has 2 aromatic carbocycles. The second kappa shape index (κ2) is 6.84. The lowest BCUT2D eigenvalue weighted by Gasteiger charge is -2.29. The Kier molecular flexibility index (Phi) is 4.38. The van der Waals surface area contributed by atoms with E-state index in [4.69, 9.17) is 5.84 Å². The minimum absolute atomic E-state index is 0.00967. The second-order valence-corrected chi connectivity index (χ2v) is 7.10. The van der Waals surface area contributed by atoms with E-state index in [1.165, 1.54) is 17.3 Å². The molecule has 1 aliphatic heterocycles. The van der Waals surface area contributed by atoms with Crippen molar-refractivity contribution in [3.63, 3.8) is 0 Å². The van der Waals surface area contributed by atoms with Crippen molar-refractivity contribution in [2.75, 3.05) is 23.0 Å². The van der Waals surface area contributed by atoms with E-state index in [2.05, 4.69) is 11.1 Å². The fourth-order valence-electron chi connectivity index (χ4n) is 3.22. The summed E-state index contributed by atoms with van der Waals surface area (Å²) in [6, 6.07) is 15.0. The summed E-state index contributed by atoms with van der Waals surface area (Å²) in [4.78, 5) is 31.3. The van der Waals surface area contributed by atoms with Gasteiger partial charge in [-0.2, -0.15) is 0 Å².